The van der Waals surface area contributed by atoms with Crippen LogP contribution in [0, 0.1) is 5.41 Å². The monoisotopic (exact) mass is 231 g/mol. The molecule has 2 aliphatic rings. The maximum Gasteiger partial charge on any atom is 0.0703 e. The van der Waals surface area contributed by atoms with Crippen LogP contribution in [0.4, 0.5) is 0 Å². The van der Waals surface area contributed by atoms with Crippen LogP contribution in [0.15, 0.2) is 24.3 Å². The smallest absolute Gasteiger partial charge is 0.0703 e. The van der Waals surface area contributed by atoms with E-state index in [2.05, 4.69) is 18.2 Å². The van der Waals surface area contributed by atoms with Gasteiger partial charge in [-0.1, -0.05) is 37.1 Å². The maximum absolute atomic E-state index is 9.90. The van der Waals surface area contributed by atoms with Crippen molar-refractivity contribution in [2.24, 2.45) is 11.1 Å². The third kappa shape index (κ3) is 1.40. The minimum Gasteiger partial charge on any atom is -0.394 e. The summed E-state index contributed by atoms with van der Waals surface area (Å²) in [6, 6.07) is 8.40. The number of aryl methyl sites for hydroxylation is 1. The first kappa shape index (κ1) is 11.2. The second-order valence-electron chi connectivity index (χ2n) is 5.77. The van der Waals surface area contributed by atoms with Crippen LogP contribution in [0.3, 0.4) is 0 Å². The molecule has 2 heteroatoms. The van der Waals surface area contributed by atoms with E-state index in [0.29, 0.717) is 0 Å². The molecule has 0 amide bonds. The second kappa shape index (κ2) is 3.82. The summed E-state index contributed by atoms with van der Waals surface area (Å²) in [5.41, 5.74) is 8.82. The summed E-state index contributed by atoms with van der Waals surface area (Å²) in [7, 11) is 0. The van der Waals surface area contributed by atoms with Gasteiger partial charge in [-0.2, -0.15) is 0 Å². The molecule has 92 valence electrons. The van der Waals surface area contributed by atoms with Crippen molar-refractivity contribution in [2.45, 2.75) is 44.1 Å². The SMILES string of the molecule is NC1(CO)c2ccccc2CCC12CCCC2. The van der Waals surface area contributed by atoms with Gasteiger partial charge in [-0.25, -0.2) is 0 Å². The maximum atomic E-state index is 9.90. The Labute approximate surface area is 103 Å². The molecule has 2 nitrogen and oxygen atoms in total. The zero-order valence-electron chi connectivity index (χ0n) is 10.3. The number of nitrogens with two attached hydrogens (primary N) is 1. The van der Waals surface area contributed by atoms with Crippen molar-refractivity contribution in [1.82, 2.24) is 0 Å². The average molecular weight is 231 g/mol. The Morgan fingerprint density at radius 1 is 1.12 bits per heavy atom. The van der Waals surface area contributed by atoms with Crippen LogP contribution in [-0.2, 0) is 12.0 Å². The molecule has 1 unspecified atom stereocenters. The topological polar surface area (TPSA) is 46.2 Å². The molecule has 0 heterocycles. The van der Waals surface area contributed by atoms with Crippen molar-refractivity contribution in [3.05, 3.63) is 35.4 Å². The first-order chi connectivity index (χ1) is 8.22. The summed E-state index contributed by atoms with van der Waals surface area (Å²) < 4.78 is 0. The van der Waals surface area contributed by atoms with E-state index >= 15 is 0 Å². The lowest BCUT2D eigenvalue weighted by atomic mass is 9.58. The van der Waals surface area contributed by atoms with Crippen LogP contribution < -0.4 is 5.73 Å². The number of benzene rings is 1. The van der Waals surface area contributed by atoms with Gasteiger partial charge < -0.3 is 10.8 Å². The minimum absolute atomic E-state index is 0.0734. The molecule has 0 aliphatic heterocycles. The molecule has 1 aromatic rings. The molecule has 1 spiro atoms. The molecule has 0 aromatic heterocycles. The first-order valence-corrected chi connectivity index (χ1v) is 6.70. The van der Waals surface area contributed by atoms with E-state index in [1.807, 2.05) is 6.07 Å². The lowest BCUT2D eigenvalue weighted by molar-refractivity contribution is 0.0385. The molecular formula is C15H21NO. The van der Waals surface area contributed by atoms with Crippen LogP contribution in [0.2, 0.25) is 0 Å². The van der Waals surface area contributed by atoms with Crippen molar-refractivity contribution in [1.29, 1.82) is 0 Å². The van der Waals surface area contributed by atoms with Gasteiger partial charge in [-0.3, -0.25) is 0 Å². The molecule has 1 fully saturated rings. The van der Waals surface area contributed by atoms with Crippen LogP contribution in [-0.4, -0.2) is 11.7 Å². The zero-order valence-corrected chi connectivity index (χ0v) is 10.3. The Hall–Kier alpha value is -0.860. The Kier molecular flexibility index (Phi) is 2.53. The highest BCUT2D eigenvalue weighted by atomic mass is 16.3. The molecule has 17 heavy (non-hydrogen) atoms. The van der Waals surface area contributed by atoms with E-state index in [0.717, 1.165) is 12.8 Å². The third-order valence-electron chi connectivity index (χ3n) is 5.13. The van der Waals surface area contributed by atoms with Crippen molar-refractivity contribution >= 4 is 0 Å². The quantitative estimate of drug-likeness (QED) is 0.779. The van der Waals surface area contributed by atoms with Gasteiger partial charge in [-0.15, -0.1) is 0 Å². The summed E-state index contributed by atoms with van der Waals surface area (Å²) in [5, 5.41) is 9.90. The van der Waals surface area contributed by atoms with Crippen LogP contribution in [0.25, 0.3) is 0 Å². The van der Waals surface area contributed by atoms with Gasteiger partial charge >= 0.3 is 0 Å². The Bertz CT molecular complexity index is 423. The highest BCUT2D eigenvalue weighted by Gasteiger charge is 2.53. The van der Waals surface area contributed by atoms with Gasteiger partial charge in [0.05, 0.1) is 12.1 Å². The van der Waals surface area contributed by atoms with Gasteiger partial charge in [0.2, 0.25) is 0 Å². The van der Waals surface area contributed by atoms with Crippen LogP contribution >= 0.6 is 0 Å². The number of aliphatic hydroxyl groups is 1. The van der Waals surface area contributed by atoms with Gasteiger partial charge in [0, 0.05) is 0 Å². The van der Waals surface area contributed by atoms with Crippen molar-refractivity contribution in [3.63, 3.8) is 0 Å². The Balaban J connectivity index is 2.13. The van der Waals surface area contributed by atoms with Crippen molar-refractivity contribution in [2.75, 3.05) is 6.61 Å². The van der Waals surface area contributed by atoms with Gasteiger partial charge in [0.25, 0.3) is 0 Å². The largest absolute Gasteiger partial charge is 0.394 e. The first-order valence-electron chi connectivity index (χ1n) is 6.70. The highest BCUT2D eigenvalue weighted by molar-refractivity contribution is 5.39. The van der Waals surface area contributed by atoms with Crippen LogP contribution in [0.5, 0.6) is 0 Å². The summed E-state index contributed by atoms with van der Waals surface area (Å²) in [4.78, 5) is 0. The predicted octanol–water partition coefficient (Wildman–Crippen LogP) is 2.34. The number of hydrogen-bond acceptors (Lipinski definition) is 2. The molecular weight excluding hydrogens is 210 g/mol. The fourth-order valence-corrected chi connectivity index (χ4v) is 4.06. The van der Waals surface area contributed by atoms with E-state index in [-0.39, 0.29) is 12.0 Å². The second-order valence-corrected chi connectivity index (χ2v) is 5.77. The van der Waals surface area contributed by atoms with Crippen LogP contribution in [0.1, 0.15) is 43.2 Å². The number of rotatable bonds is 1. The molecule has 3 N–H and O–H groups in total. The fraction of sp³-hybridized carbons (Fsp3) is 0.600. The van der Waals surface area contributed by atoms with E-state index in [1.54, 1.807) is 0 Å². The summed E-state index contributed by atoms with van der Waals surface area (Å²) in [6.07, 6.45) is 7.15. The molecule has 0 saturated heterocycles. The number of hydrogen-bond donors (Lipinski definition) is 2. The third-order valence-corrected chi connectivity index (χ3v) is 5.13. The standard InChI is InChI=1S/C15H21NO/c16-15(11-17)13-6-2-1-5-12(13)7-10-14(15)8-3-4-9-14/h1-2,5-6,17H,3-4,7-11,16H2. The van der Waals surface area contributed by atoms with E-state index in [4.69, 9.17) is 5.73 Å². The predicted molar refractivity (Wildman–Crippen MR) is 68.6 cm³/mol. The Morgan fingerprint density at radius 2 is 1.82 bits per heavy atom. The molecule has 2 aliphatic carbocycles. The summed E-state index contributed by atoms with van der Waals surface area (Å²) in [6.45, 7) is 0.0734. The fourth-order valence-electron chi connectivity index (χ4n) is 4.06. The van der Waals surface area contributed by atoms with Crippen molar-refractivity contribution in [3.8, 4) is 0 Å². The molecule has 1 atom stereocenters. The normalized spacial score (nSPS) is 30.5. The summed E-state index contributed by atoms with van der Waals surface area (Å²) in [5.74, 6) is 0. The van der Waals surface area contributed by atoms with Gasteiger partial charge in [0.15, 0.2) is 0 Å². The van der Waals surface area contributed by atoms with E-state index < -0.39 is 5.54 Å². The van der Waals surface area contributed by atoms with Gasteiger partial charge in [0.1, 0.15) is 0 Å². The Morgan fingerprint density at radius 3 is 2.53 bits per heavy atom. The molecule has 0 bridgehead atoms. The minimum atomic E-state index is -0.516. The zero-order chi connectivity index (χ0) is 11.9. The number of aliphatic hydroxyl groups excluding tert-OH is 1. The van der Waals surface area contributed by atoms with E-state index in [9.17, 15) is 5.11 Å². The average Bonchev–Trinajstić information content (AvgIpc) is 2.85. The number of fused-ring (bicyclic) bond motifs is 1. The molecule has 0 radical (unpaired) electrons. The van der Waals surface area contributed by atoms with Gasteiger partial charge in [-0.05, 0) is 42.2 Å². The molecule has 3 rings (SSSR count). The van der Waals surface area contributed by atoms with Crippen molar-refractivity contribution < 1.29 is 5.11 Å². The molecule has 1 aromatic carbocycles. The summed E-state index contributed by atoms with van der Waals surface area (Å²) >= 11 is 0. The van der Waals surface area contributed by atoms with E-state index in [1.165, 1.54) is 36.8 Å². The lowest BCUT2D eigenvalue weighted by Gasteiger charge is -2.50. The highest BCUT2D eigenvalue weighted by Crippen LogP contribution is 2.55. The molecule has 1 saturated carbocycles. The lowest BCUT2D eigenvalue weighted by Crippen LogP contribution is -2.57.